The Balaban J connectivity index is 1.98. The summed E-state index contributed by atoms with van der Waals surface area (Å²) < 4.78 is 3.27. The van der Waals surface area contributed by atoms with Gasteiger partial charge in [-0.05, 0) is 32.9 Å². The molecule has 0 fully saturated rings. The second-order valence-electron chi connectivity index (χ2n) is 6.09. The normalized spacial score (nSPS) is 11.0. The Morgan fingerprint density at radius 1 is 1.27 bits per heavy atom. The molecule has 0 saturated carbocycles. The van der Waals surface area contributed by atoms with Crippen LogP contribution in [-0.4, -0.2) is 24.8 Å². The number of carbonyl (C=O) groups excluding carboxylic acids is 1. The molecule has 2 heterocycles. The predicted molar refractivity (Wildman–Crippen MR) is 96.6 cm³/mol. The zero-order valence-electron chi connectivity index (χ0n) is 14.7. The van der Waals surface area contributed by atoms with E-state index in [4.69, 9.17) is 0 Å². The number of fused-ring (bicyclic) bond motifs is 1. The standard InChI is InChI=1S/C18H18N4O4/c1-4-21-11(2)7-15(12(21)3)17(23)9-20-10-19-16-8-13(22(25)26)5-6-14(16)18(20)24/h5-8,10H,4,9H2,1-3H3. The lowest BCUT2D eigenvalue weighted by atomic mass is 10.1. The fourth-order valence-electron chi connectivity index (χ4n) is 3.18. The van der Waals surface area contributed by atoms with Crippen LogP contribution in [0.1, 0.15) is 28.7 Å². The first-order valence-electron chi connectivity index (χ1n) is 8.17. The molecule has 0 aliphatic carbocycles. The number of nitro groups is 1. The largest absolute Gasteiger partial charge is 0.349 e. The summed E-state index contributed by atoms with van der Waals surface area (Å²) in [7, 11) is 0. The summed E-state index contributed by atoms with van der Waals surface area (Å²) in [6, 6.07) is 5.70. The molecule has 134 valence electrons. The van der Waals surface area contributed by atoms with Gasteiger partial charge in [0.05, 0.1) is 28.7 Å². The van der Waals surface area contributed by atoms with Crippen LogP contribution < -0.4 is 5.56 Å². The maximum absolute atomic E-state index is 12.7. The summed E-state index contributed by atoms with van der Waals surface area (Å²) in [5, 5.41) is 11.1. The maximum atomic E-state index is 12.7. The zero-order valence-corrected chi connectivity index (χ0v) is 14.7. The van der Waals surface area contributed by atoms with Gasteiger partial charge in [-0.15, -0.1) is 0 Å². The first kappa shape index (κ1) is 17.5. The molecule has 26 heavy (non-hydrogen) atoms. The highest BCUT2D eigenvalue weighted by atomic mass is 16.6. The lowest BCUT2D eigenvalue weighted by Crippen LogP contribution is -2.25. The summed E-state index contributed by atoms with van der Waals surface area (Å²) in [5.74, 6) is -0.178. The van der Waals surface area contributed by atoms with Crippen LogP contribution in [0.5, 0.6) is 0 Å². The van der Waals surface area contributed by atoms with Crippen molar-refractivity contribution in [2.75, 3.05) is 0 Å². The lowest BCUT2D eigenvalue weighted by Gasteiger charge is -2.07. The van der Waals surface area contributed by atoms with Crippen LogP contribution >= 0.6 is 0 Å². The highest BCUT2D eigenvalue weighted by Gasteiger charge is 2.17. The number of aromatic nitrogens is 3. The van der Waals surface area contributed by atoms with Gasteiger partial charge in [0.1, 0.15) is 0 Å². The average Bonchev–Trinajstić information content (AvgIpc) is 2.90. The van der Waals surface area contributed by atoms with Gasteiger partial charge in [-0.1, -0.05) is 0 Å². The number of nitro benzene ring substituents is 1. The summed E-state index contributed by atoms with van der Waals surface area (Å²) in [6.07, 6.45) is 1.26. The van der Waals surface area contributed by atoms with Gasteiger partial charge >= 0.3 is 0 Å². The quantitative estimate of drug-likeness (QED) is 0.398. The Hall–Kier alpha value is -3.29. The summed E-state index contributed by atoms with van der Waals surface area (Å²) in [5.41, 5.74) is 2.14. The van der Waals surface area contributed by atoms with Gasteiger partial charge in [0, 0.05) is 35.6 Å². The van der Waals surface area contributed by atoms with E-state index >= 15 is 0 Å². The molecule has 0 bridgehead atoms. The Morgan fingerprint density at radius 2 is 2.00 bits per heavy atom. The lowest BCUT2D eigenvalue weighted by molar-refractivity contribution is -0.384. The Morgan fingerprint density at radius 3 is 2.62 bits per heavy atom. The minimum Gasteiger partial charge on any atom is -0.349 e. The predicted octanol–water partition coefficient (Wildman–Crippen LogP) is 2.63. The van der Waals surface area contributed by atoms with Crippen LogP contribution in [0.3, 0.4) is 0 Å². The molecule has 1 aromatic carbocycles. The first-order chi connectivity index (χ1) is 12.3. The van der Waals surface area contributed by atoms with Crippen LogP contribution in [0.2, 0.25) is 0 Å². The van der Waals surface area contributed by atoms with Gasteiger partial charge in [0.2, 0.25) is 0 Å². The third-order valence-corrected chi connectivity index (χ3v) is 4.52. The van der Waals surface area contributed by atoms with Crippen molar-refractivity contribution < 1.29 is 9.72 Å². The fourth-order valence-corrected chi connectivity index (χ4v) is 3.18. The highest BCUT2D eigenvalue weighted by Crippen LogP contribution is 2.18. The minimum absolute atomic E-state index is 0.132. The third-order valence-electron chi connectivity index (χ3n) is 4.52. The van der Waals surface area contributed by atoms with Gasteiger partial charge in [0.15, 0.2) is 5.78 Å². The minimum atomic E-state index is -0.542. The Bertz CT molecular complexity index is 1090. The van der Waals surface area contributed by atoms with Crippen molar-refractivity contribution in [1.82, 2.24) is 14.1 Å². The second-order valence-corrected chi connectivity index (χ2v) is 6.09. The second kappa shape index (κ2) is 6.55. The highest BCUT2D eigenvalue weighted by molar-refractivity contribution is 5.97. The third kappa shape index (κ3) is 2.90. The van der Waals surface area contributed by atoms with Crippen molar-refractivity contribution in [1.29, 1.82) is 0 Å². The maximum Gasteiger partial charge on any atom is 0.271 e. The number of rotatable bonds is 5. The Kier molecular flexibility index (Phi) is 4.41. The molecule has 2 aromatic heterocycles. The van der Waals surface area contributed by atoms with Crippen LogP contribution in [-0.2, 0) is 13.1 Å². The molecule has 0 saturated heterocycles. The number of carbonyl (C=O) groups is 1. The average molecular weight is 354 g/mol. The number of Topliss-reactive ketones (excluding diaryl/α,β-unsaturated/α-hetero) is 1. The van der Waals surface area contributed by atoms with Gasteiger partial charge in [0.25, 0.3) is 11.2 Å². The molecule has 0 N–H and O–H groups in total. The smallest absolute Gasteiger partial charge is 0.271 e. The van der Waals surface area contributed by atoms with Gasteiger partial charge in [-0.25, -0.2) is 4.98 Å². The molecule has 3 aromatic rings. The van der Waals surface area contributed by atoms with Crippen molar-refractivity contribution in [3.63, 3.8) is 0 Å². The van der Waals surface area contributed by atoms with Crippen molar-refractivity contribution in [2.24, 2.45) is 0 Å². The summed E-state index contributed by atoms with van der Waals surface area (Å²) >= 11 is 0. The number of hydrogen-bond acceptors (Lipinski definition) is 5. The fraction of sp³-hybridized carbons (Fsp3) is 0.278. The molecule has 0 unspecified atom stereocenters. The first-order valence-corrected chi connectivity index (χ1v) is 8.17. The van der Waals surface area contributed by atoms with Crippen LogP contribution in [0, 0.1) is 24.0 Å². The number of ketones is 1. The van der Waals surface area contributed by atoms with Crippen molar-refractivity contribution in [3.8, 4) is 0 Å². The van der Waals surface area contributed by atoms with Gasteiger partial charge in [-0.3, -0.25) is 24.3 Å². The molecule has 0 spiro atoms. The molecule has 0 atom stereocenters. The molecular weight excluding hydrogens is 336 g/mol. The van der Waals surface area contributed by atoms with E-state index in [1.54, 1.807) is 0 Å². The van der Waals surface area contributed by atoms with Gasteiger partial charge < -0.3 is 4.57 Å². The summed E-state index contributed by atoms with van der Waals surface area (Å²) in [6.45, 7) is 6.45. The number of non-ortho nitro benzene ring substituents is 1. The molecule has 8 heteroatoms. The molecule has 0 amide bonds. The molecule has 3 rings (SSSR count). The number of hydrogen-bond donors (Lipinski definition) is 0. The monoisotopic (exact) mass is 354 g/mol. The van der Waals surface area contributed by atoms with E-state index in [1.807, 2.05) is 31.4 Å². The van der Waals surface area contributed by atoms with E-state index < -0.39 is 10.5 Å². The van der Waals surface area contributed by atoms with Crippen molar-refractivity contribution >= 4 is 22.4 Å². The van der Waals surface area contributed by atoms with Crippen molar-refractivity contribution in [2.45, 2.75) is 33.9 Å². The molecule has 0 aliphatic heterocycles. The molecular formula is C18H18N4O4. The van der Waals surface area contributed by atoms with E-state index in [0.717, 1.165) is 17.9 Å². The number of benzene rings is 1. The topological polar surface area (TPSA) is 100 Å². The molecule has 0 radical (unpaired) electrons. The van der Waals surface area contributed by atoms with Crippen molar-refractivity contribution in [3.05, 3.63) is 68.0 Å². The number of aryl methyl sites for hydroxylation is 1. The van der Waals surface area contributed by atoms with Gasteiger partial charge in [-0.2, -0.15) is 0 Å². The Labute approximate surface area is 148 Å². The van der Waals surface area contributed by atoms with E-state index in [9.17, 15) is 19.7 Å². The van der Waals surface area contributed by atoms with Crippen LogP contribution in [0.15, 0.2) is 35.4 Å². The van der Waals surface area contributed by atoms with E-state index in [-0.39, 0.29) is 28.9 Å². The van der Waals surface area contributed by atoms with E-state index in [1.165, 1.54) is 29.1 Å². The zero-order chi connectivity index (χ0) is 19.0. The van der Waals surface area contributed by atoms with E-state index in [0.29, 0.717) is 5.56 Å². The van der Waals surface area contributed by atoms with Crippen LogP contribution in [0.25, 0.3) is 10.9 Å². The summed E-state index contributed by atoms with van der Waals surface area (Å²) in [4.78, 5) is 39.6. The molecule has 0 aliphatic rings. The van der Waals surface area contributed by atoms with E-state index in [2.05, 4.69) is 4.98 Å². The van der Waals surface area contributed by atoms with Crippen LogP contribution in [0.4, 0.5) is 5.69 Å². The number of nitrogens with zero attached hydrogens (tertiary/aromatic N) is 4. The molecule has 8 nitrogen and oxygen atoms in total. The SMILES string of the molecule is CCn1c(C)cc(C(=O)Cn2cnc3cc([N+](=O)[O-])ccc3c2=O)c1C.